The summed E-state index contributed by atoms with van der Waals surface area (Å²) < 4.78 is 0. The van der Waals surface area contributed by atoms with Crippen molar-refractivity contribution < 1.29 is 10.0 Å². The van der Waals surface area contributed by atoms with E-state index in [0.29, 0.717) is 11.8 Å². The average Bonchev–Trinajstić information content (AvgIpc) is 3.01. The molecule has 0 spiro atoms. The minimum Gasteiger partial charge on any atom is -0.393 e. The summed E-state index contributed by atoms with van der Waals surface area (Å²) in [6, 6.07) is 5.16. The van der Waals surface area contributed by atoms with Gasteiger partial charge in [-0.25, -0.2) is 0 Å². The number of nitrogens with zero attached hydrogens (tertiary/aromatic N) is 2. The second-order valence-electron chi connectivity index (χ2n) is 6.00. The molecular weight excluding hydrogens is 270 g/mol. The zero-order chi connectivity index (χ0) is 15.0. The molecule has 0 amide bonds. The highest BCUT2D eigenvalue weighted by Crippen LogP contribution is 2.41. The Morgan fingerprint density at radius 1 is 1.38 bits per heavy atom. The predicted octanol–water partition coefficient (Wildman–Crippen LogP) is 2.23. The molecule has 1 aromatic rings. The van der Waals surface area contributed by atoms with Gasteiger partial charge < -0.3 is 15.3 Å². The molecule has 6 heteroatoms. The minimum absolute atomic E-state index is 0.112. The third-order valence-corrected chi connectivity index (χ3v) is 4.68. The Labute approximate surface area is 123 Å². The van der Waals surface area contributed by atoms with Gasteiger partial charge in [-0.15, -0.1) is 0 Å². The van der Waals surface area contributed by atoms with Crippen LogP contribution in [0, 0.1) is 22.0 Å². The van der Waals surface area contributed by atoms with E-state index in [1.807, 2.05) is 13.0 Å². The number of hydrogen-bond acceptors (Lipinski definition) is 5. The van der Waals surface area contributed by atoms with E-state index in [9.17, 15) is 15.2 Å². The lowest BCUT2D eigenvalue weighted by Gasteiger charge is -2.21. The van der Waals surface area contributed by atoms with Gasteiger partial charge in [0.15, 0.2) is 0 Å². The number of fused-ring (bicyclic) bond motifs is 1. The predicted molar refractivity (Wildman–Crippen MR) is 81.7 cm³/mol. The normalized spacial score (nSPS) is 27.7. The van der Waals surface area contributed by atoms with E-state index in [1.54, 1.807) is 12.1 Å². The van der Waals surface area contributed by atoms with Crippen LogP contribution in [-0.2, 0) is 0 Å². The minimum atomic E-state index is -0.351. The Hall–Kier alpha value is -1.82. The molecular formula is C15H21N3O3. The first kappa shape index (κ1) is 14.1. The van der Waals surface area contributed by atoms with Crippen molar-refractivity contribution >= 4 is 17.1 Å². The Kier molecular flexibility index (Phi) is 3.71. The number of nitro benzene ring substituents is 1. The monoisotopic (exact) mass is 291 g/mol. The number of anilines is 2. The number of hydrogen-bond donors (Lipinski definition) is 2. The molecule has 21 heavy (non-hydrogen) atoms. The molecule has 3 rings (SSSR count). The van der Waals surface area contributed by atoms with E-state index in [1.165, 1.54) is 0 Å². The average molecular weight is 291 g/mol. The summed E-state index contributed by atoms with van der Waals surface area (Å²) in [7, 11) is 0. The maximum absolute atomic E-state index is 11.1. The maximum atomic E-state index is 11.1. The Morgan fingerprint density at radius 2 is 2.19 bits per heavy atom. The van der Waals surface area contributed by atoms with E-state index >= 15 is 0 Å². The summed E-state index contributed by atoms with van der Waals surface area (Å²) in [6.07, 6.45) is 1.73. The van der Waals surface area contributed by atoms with E-state index in [2.05, 4.69) is 10.2 Å². The van der Waals surface area contributed by atoms with Gasteiger partial charge in [0.2, 0.25) is 0 Å². The third kappa shape index (κ3) is 2.68. The fraction of sp³-hybridized carbons (Fsp3) is 0.600. The summed E-state index contributed by atoms with van der Waals surface area (Å²) in [5, 5.41) is 24.2. The van der Waals surface area contributed by atoms with Crippen molar-refractivity contribution in [3.8, 4) is 0 Å². The van der Waals surface area contributed by atoms with Gasteiger partial charge in [-0.1, -0.05) is 0 Å². The Morgan fingerprint density at radius 3 is 2.86 bits per heavy atom. The van der Waals surface area contributed by atoms with Crippen LogP contribution in [0.2, 0.25) is 0 Å². The number of nitro groups is 1. The number of nitrogens with one attached hydrogen (secondary N) is 1. The van der Waals surface area contributed by atoms with Crippen LogP contribution in [0.1, 0.15) is 19.8 Å². The summed E-state index contributed by atoms with van der Waals surface area (Å²) >= 11 is 0. The smallest absolute Gasteiger partial charge is 0.273 e. The lowest BCUT2D eigenvalue weighted by Crippen LogP contribution is -2.24. The largest absolute Gasteiger partial charge is 0.393 e. The van der Waals surface area contributed by atoms with Crippen molar-refractivity contribution in [2.45, 2.75) is 25.9 Å². The van der Waals surface area contributed by atoms with E-state index in [-0.39, 0.29) is 16.7 Å². The first-order valence-electron chi connectivity index (χ1n) is 7.55. The fourth-order valence-electron chi connectivity index (χ4n) is 3.64. The van der Waals surface area contributed by atoms with Crippen molar-refractivity contribution in [3.05, 3.63) is 28.3 Å². The number of aliphatic hydroxyl groups excluding tert-OH is 1. The molecule has 0 aromatic heterocycles. The van der Waals surface area contributed by atoms with Gasteiger partial charge in [0.1, 0.15) is 0 Å². The van der Waals surface area contributed by atoms with Gasteiger partial charge in [-0.05, 0) is 31.7 Å². The summed E-state index contributed by atoms with van der Waals surface area (Å²) in [6.45, 7) is 4.37. The van der Waals surface area contributed by atoms with Gasteiger partial charge >= 0.3 is 0 Å². The highest BCUT2D eigenvalue weighted by atomic mass is 16.6. The maximum Gasteiger partial charge on any atom is 0.273 e. The standard InChI is InChI=1S/C15H21N3O3/c1-2-16-11-5-12(7-13(6-11)18(20)21)17-8-10-3-4-15(19)14(10)9-17/h5-7,10,14-16,19H,2-4,8-9H2,1H3. The van der Waals surface area contributed by atoms with Crippen LogP contribution in [0.15, 0.2) is 18.2 Å². The quantitative estimate of drug-likeness (QED) is 0.657. The molecule has 2 aliphatic rings. The molecule has 1 aromatic carbocycles. The zero-order valence-corrected chi connectivity index (χ0v) is 12.2. The van der Waals surface area contributed by atoms with E-state index in [0.717, 1.165) is 43.9 Å². The Balaban J connectivity index is 1.86. The first-order valence-corrected chi connectivity index (χ1v) is 7.55. The molecule has 2 fully saturated rings. The molecule has 3 unspecified atom stereocenters. The van der Waals surface area contributed by atoms with Crippen molar-refractivity contribution in [1.82, 2.24) is 0 Å². The van der Waals surface area contributed by atoms with Crippen LogP contribution in [0.25, 0.3) is 0 Å². The molecule has 1 saturated heterocycles. The summed E-state index contributed by atoms with van der Waals surface area (Å²) in [5.41, 5.74) is 1.77. The highest BCUT2D eigenvalue weighted by molar-refractivity contribution is 5.65. The van der Waals surface area contributed by atoms with Crippen molar-refractivity contribution in [1.29, 1.82) is 0 Å². The van der Waals surface area contributed by atoms with Gasteiger partial charge in [-0.3, -0.25) is 10.1 Å². The number of non-ortho nitro benzene ring substituents is 1. The van der Waals surface area contributed by atoms with Gasteiger partial charge in [0.05, 0.1) is 11.0 Å². The molecule has 1 aliphatic carbocycles. The number of aliphatic hydroxyl groups is 1. The second-order valence-corrected chi connectivity index (χ2v) is 6.00. The lowest BCUT2D eigenvalue weighted by atomic mass is 10.00. The molecule has 1 heterocycles. The zero-order valence-electron chi connectivity index (χ0n) is 12.2. The van der Waals surface area contributed by atoms with Crippen molar-refractivity contribution in [3.63, 3.8) is 0 Å². The molecule has 114 valence electrons. The van der Waals surface area contributed by atoms with Crippen LogP contribution < -0.4 is 10.2 Å². The van der Waals surface area contributed by atoms with Crippen molar-refractivity contribution in [2.75, 3.05) is 29.9 Å². The number of rotatable bonds is 4. The second kappa shape index (κ2) is 5.52. The molecule has 0 radical (unpaired) electrons. The summed E-state index contributed by atoms with van der Waals surface area (Å²) in [4.78, 5) is 12.9. The van der Waals surface area contributed by atoms with Gasteiger partial charge in [0.25, 0.3) is 5.69 Å². The van der Waals surface area contributed by atoms with E-state index < -0.39 is 0 Å². The first-order chi connectivity index (χ1) is 10.1. The SMILES string of the molecule is CCNc1cc(N2CC3CCC(O)C3C2)cc([N+](=O)[O-])c1. The molecule has 0 bridgehead atoms. The Bertz CT molecular complexity index is 549. The van der Waals surface area contributed by atoms with Crippen LogP contribution in [0.5, 0.6) is 0 Å². The van der Waals surface area contributed by atoms with Crippen LogP contribution in [-0.4, -0.2) is 35.8 Å². The van der Waals surface area contributed by atoms with Crippen LogP contribution >= 0.6 is 0 Å². The third-order valence-electron chi connectivity index (χ3n) is 4.68. The van der Waals surface area contributed by atoms with Crippen LogP contribution in [0.4, 0.5) is 17.1 Å². The number of benzene rings is 1. The van der Waals surface area contributed by atoms with E-state index in [4.69, 9.17) is 0 Å². The molecule has 3 atom stereocenters. The van der Waals surface area contributed by atoms with Crippen LogP contribution in [0.3, 0.4) is 0 Å². The van der Waals surface area contributed by atoms with Gasteiger partial charge in [0, 0.05) is 49.1 Å². The fourth-order valence-corrected chi connectivity index (χ4v) is 3.64. The highest BCUT2D eigenvalue weighted by Gasteiger charge is 2.42. The molecule has 2 N–H and O–H groups in total. The van der Waals surface area contributed by atoms with Crippen molar-refractivity contribution in [2.24, 2.45) is 11.8 Å². The molecule has 6 nitrogen and oxygen atoms in total. The topological polar surface area (TPSA) is 78.6 Å². The van der Waals surface area contributed by atoms with Gasteiger partial charge in [-0.2, -0.15) is 0 Å². The molecule has 1 aliphatic heterocycles. The lowest BCUT2D eigenvalue weighted by molar-refractivity contribution is -0.384. The molecule has 1 saturated carbocycles. The summed E-state index contributed by atoms with van der Waals surface area (Å²) in [5.74, 6) is 0.827.